The molecule has 2 aromatic heterocycles. The van der Waals surface area contributed by atoms with Crippen LogP contribution < -0.4 is 0 Å². The SMILES string of the molecule is COC(=O)c1ccc(-c2nc3cc(Cc4cncc5cc(O)c(O)cc45)ccc3o2)cc1. The van der Waals surface area contributed by atoms with Crippen LogP contribution in [0, 0.1) is 0 Å². The van der Waals surface area contributed by atoms with Gasteiger partial charge >= 0.3 is 5.97 Å². The van der Waals surface area contributed by atoms with E-state index in [1.807, 2.05) is 18.2 Å². The number of aromatic hydroxyl groups is 2. The molecule has 0 radical (unpaired) electrons. The first-order valence-electron chi connectivity index (χ1n) is 9.88. The Labute approximate surface area is 182 Å². The number of carbonyl (C=O) groups is 1. The minimum atomic E-state index is -0.398. The molecule has 2 heterocycles. The summed E-state index contributed by atoms with van der Waals surface area (Å²) in [5.74, 6) is -0.279. The van der Waals surface area contributed by atoms with Crippen LogP contribution in [0.25, 0.3) is 33.3 Å². The van der Waals surface area contributed by atoms with E-state index in [0.717, 1.165) is 27.5 Å². The van der Waals surface area contributed by atoms with E-state index in [1.54, 1.807) is 42.7 Å². The molecule has 0 aliphatic heterocycles. The number of aromatic nitrogens is 2. The summed E-state index contributed by atoms with van der Waals surface area (Å²) < 4.78 is 10.6. The van der Waals surface area contributed by atoms with Crippen molar-refractivity contribution in [2.24, 2.45) is 0 Å². The van der Waals surface area contributed by atoms with Crippen molar-refractivity contribution in [3.63, 3.8) is 0 Å². The second-order valence-electron chi connectivity index (χ2n) is 7.43. The number of oxazole rings is 1. The fraction of sp³-hybridized carbons (Fsp3) is 0.0800. The first kappa shape index (κ1) is 19.6. The highest BCUT2D eigenvalue weighted by Gasteiger charge is 2.12. The number of hydrogen-bond acceptors (Lipinski definition) is 7. The summed E-state index contributed by atoms with van der Waals surface area (Å²) in [6.45, 7) is 0. The second-order valence-corrected chi connectivity index (χ2v) is 7.43. The number of nitrogens with zero attached hydrogens (tertiary/aromatic N) is 2. The molecule has 0 amide bonds. The topological polar surface area (TPSA) is 106 Å². The Bertz CT molecular complexity index is 1470. The largest absolute Gasteiger partial charge is 0.504 e. The number of esters is 1. The second kappa shape index (κ2) is 7.70. The average Bonchev–Trinajstić information content (AvgIpc) is 3.23. The third kappa shape index (κ3) is 3.50. The first-order chi connectivity index (χ1) is 15.5. The van der Waals surface area contributed by atoms with Crippen molar-refractivity contribution in [3.8, 4) is 23.0 Å². The standard InChI is InChI=1S/C25H18N2O5/c1-31-25(30)16-5-3-15(4-6-16)24-27-20-9-14(2-7-23(20)32-24)8-17-12-26-13-18-10-21(28)22(29)11-19(17)18/h2-7,9-13,28-29H,8H2,1H3. The molecule has 0 bridgehead atoms. The van der Waals surface area contributed by atoms with Crippen LogP contribution >= 0.6 is 0 Å². The van der Waals surface area contributed by atoms with Crippen LogP contribution in [0.15, 0.2) is 71.4 Å². The van der Waals surface area contributed by atoms with Gasteiger partial charge in [-0.3, -0.25) is 4.98 Å². The Kier molecular flexibility index (Phi) is 4.71. The van der Waals surface area contributed by atoms with E-state index in [2.05, 4.69) is 9.97 Å². The maximum absolute atomic E-state index is 11.6. The summed E-state index contributed by atoms with van der Waals surface area (Å²) in [5.41, 5.74) is 4.49. The zero-order valence-corrected chi connectivity index (χ0v) is 17.1. The zero-order chi connectivity index (χ0) is 22.2. The Balaban J connectivity index is 1.47. The molecule has 2 N–H and O–H groups in total. The lowest BCUT2D eigenvalue weighted by Crippen LogP contribution is -2.00. The molecule has 0 spiro atoms. The maximum atomic E-state index is 11.6. The van der Waals surface area contributed by atoms with E-state index in [0.29, 0.717) is 29.0 Å². The number of phenolic OH excluding ortho intramolecular Hbond substituents is 2. The number of methoxy groups -OCH3 is 1. The monoisotopic (exact) mass is 426 g/mol. The minimum Gasteiger partial charge on any atom is -0.504 e. The van der Waals surface area contributed by atoms with Crippen LogP contribution in [0.1, 0.15) is 21.5 Å². The van der Waals surface area contributed by atoms with Crippen LogP contribution in [0.4, 0.5) is 0 Å². The van der Waals surface area contributed by atoms with Gasteiger partial charge in [-0.15, -0.1) is 0 Å². The number of carbonyl (C=O) groups excluding carboxylic acids is 1. The first-order valence-corrected chi connectivity index (χ1v) is 9.88. The quantitative estimate of drug-likeness (QED) is 0.313. The van der Waals surface area contributed by atoms with Crippen LogP contribution in [0.3, 0.4) is 0 Å². The lowest BCUT2D eigenvalue weighted by Gasteiger charge is -2.08. The third-order valence-corrected chi connectivity index (χ3v) is 5.34. The number of pyridine rings is 1. The van der Waals surface area contributed by atoms with Crippen molar-refractivity contribution in [1.82, 2.24) is 9.97 Å². The van der Waals surface area contributed by atoms with Gasteiger partial charge in [-0.1, -0.05) is 6.07 Å². The van der Waals surface area contributed by atoms with Crippen molar-refractivity contribution in [3.05, 3.63) is 83.7 Å². The van der Waals surface area contributed by atoms with Crippen LogP contribution in [0.2, 0.25) is 0 Å². The molecule has 7 nitrogen and oxygen atoms in total. The van der Waals surface area contributed by atoms with E-state index in [-0.39, 0.29) is 11.5 Å². The molecule has 158 valence electrons. The number of benzene rings is 3. The van der Waals surface area contributed by atoms with Gasteiger partial charge in [-0.25, -0.2) is 9.78 Å². The molecule has 0 saturated heterocycles. The van der Waals surface area contributed by atoms with Gasteiger partial charge in [-0.2, -0.15) is 0 Å². The molecule has 5 aromatic rings. The van der Waals surface area contributed by atoms with E-state index in [4.69, 9.17) is 9.15 Å². The maximum Gasteiger partial charge on any atom is 0.337 e. The van der Waals surface area contributed by atoms with E-state index < -0.39 is 5.97 Å². The van der Waals surface area contributed by atoms with Gasteiger partial charge in [-0.05, 0) is 71.5 Å². The van der Waals surface area contributed by atoms with Crippen molar-refractivity contribution in [2.45, 2.75) is 6.42 Å². The number of fused-ring (bicyclic) bond motifs is 2. The molecule has 0 unspecified atom stereocenters. The molecule has 0 aliphatic carbocycles. The summed E-state index contributed by atoms with van der Waals surface area (Å²) in [6.07, 6.45) is 3.97. The van der Waals surface area contributed by atoms with Gasteiger partial charge in [0.1, 0.15) is 5.52 Å². The lowest BCUT2D eigenvalue weighted by atomic mass is 10.0. The molecular weight excluding hydrogens is 408 g/mol. The summed E-state index contributed by atoms with van der Waals surface area (Å²) in [4.78, 5) is 20.5. The number of hydrogen-bond donors (Lipinski definition) is 2. The minimum absolute atomic E-state index is 0.167. The van der Waals surface area contributed by atoms with Gasteiger partial charge in [0, 0.05) is 23.3 Å². The third-order valence-electron chi connectivity index (χ3n) is 5.34. The Morgan fingerprint density at radius 3 is 2.56 bits per heavy atom. The molecule has 3 aromatic carbocycles. The number of ether oxygens (including phenoxy) is 1. The normalized spacial score (nSPS) is 11.2. The Morgan fingerprint density at radius 2 is 1.78 bits per heavy atom. The van der Waals surface area contributed by atoms with Crippen LogP contribution in [0.5, 0.6) is 11.5 Å². The van der Waals surface area contributed by atoms with Crippen LogP contribution in [-0.2, 0) is 11.2 Å². The smallest absolute Gasteiger partial charge is 0.337 e. The molecule has 7 heteroatoms. The summed E-state index contributed by atoms with van der Waals surface area (Å²) in [5, 5.41) is 21.2. The number of rotatable bonds is 4. The molecule has 0 atom stereocenters. The molecular formula is C25H18N2O5. The van der Waals surface area contributed by atoms with Gasteiger partial charge in [0.05, 0.1) is 12.7 Å². The van der Waals surface area contributed by atoms with Crippen molar-refractivity contribution >= 4 is 27.8 Å². The predicted octanol–water partition coefficient (Wildman–Crippen LogP) is 4.83. The highest BCUT2D eigenvalue weighted by molar-refractivity contribution is 5.90. The predicted molar refractivity (Wildman–Crippen MR) is 119 cm³/mol. The van der Waals surface area contributed by atoms with Gasteiger partial charge < -0.3 is 19.4 Å². The molecule has 0 aliphatic rings. The van der Waals surface area contributed by atoms with E-state index in [9.17, 15) is 15.0 Å². The molecule has 5 rings (SSSR count). The Hall–Kier alpha value is -4.39. The fourth-order valence-corrected chi connectivity index (χ4v) is 3.69. The fourth-order valence-electron chi connectivity index (χ4n) is 3.69. The van der Waals surface area contributed by atoms with E-state index >= 15 is 0 Å². The van der Waals surface area contributed by atoms with Crippen LogP contribution in [-0.4, -0.2) is 33.3 Å². The van der Waals surface area contributed by atoms with E-state index in [1.165, 1.54) is 13.2 Å². The molecule has 0 fully saturated rings. The summed E-state index contributed by atoms with van der Waals surface area (Å²) in [7, 11) is 1.34. The highest BCUT2D eigenvalue weighted by Crippen LogP contribution is 2.32. The van der Waals surface area contributed by atoms with Crippen molar-refractivity contribution in [1.29, 1.82) is 0 Å². The molecule has 32 heavy (non-hydrogen) atoms. The van der Waals surface area contributed by atoms with Crippen molar-refractivity contribution in [2.75, 3.05) is 7.11 Å². The Morgan fingerprint density at radius 1 is 1.00 bits per heavy atom. The van der Waals surface area contributed by atoms with Crippen molar-refractivity contribution < 1.29 is 24.2 Å². The molecule has 0 saturated carbocycles. The summed E-state index contributed by atoms with van der Waals surface area (Å²) >= 11 is 0. The highest BCUT2D eigenvalue weighted by atomic mass is 16.5. The van der Waals surface area contributed by atoms with Gasteiger partial charge in [0.2, 0.25) is 5.89 Å². The average molecular weight is 426 g/mol. The lowest BCUT2D eigenvalue weighted by molar-refractivity contribution is 0.0600. The summed E-state index contributed by atoms with van der Waals surface area (Å²) in [6, 6.07) is 15.7. The van der Waals surface area contributed by atoms with Gasteiger partial charge in [0.25, 0.3) is 0 Å². The zero-order valence-electron chi connectivity index (χ0n) is 17.1. The van der Waals surface area contributed by atoms with Gasteiger partial charge in [0.15, 0.2) is 17.1 Å². The number of phenols is 2.